The molecule has 5 rings (SSSR count). The number of carbonyl (C=O) groups excluding carboxylic acids is 1. The number of aromatic nitrogens is 1. The third-order valence-corrected chi connectivity index (χ3v) is 7.73. The SMILES string of the molecule is CCC(=O)Nc1ccc(-c2cn(Cc3ccccc3)c3ccccc23)c(C)c1CCC1CCNCC1. The molecular weight excluding hydrogens is 442 g/mol. The van der Waals surface area contributed by atoms with E-state index in [2.05, 4.69) is 95.1 Å². The molecule has 1 saturated heterocycles. The van der Waals surface area contributed by atoms with Crippen LogP contribution in [0.5, 0.6) is 0 Å². The highest BCUT2D eigenvalue weighted by Gasteiger charge is 2.19. The van der Waals surface area contributed by atoms with Crippen molar-refractivity contribution < 1.29 is 4.79 Å². The average molecular weight is 480 g/mol. The number of rotatable bonds is 8. The Labute approximate surface area is 214 Å². The van der Waals surface area contributed by atoms with E-state index in [0.717, 1.165) is 44.1 Å². The normalized spacial score (nSPS) is 14.3. The molecule has 1 fully saturated rings. The lowest BCUT2D eigenvalue weighted by molar-refractivity contribution is -0.115. The van der Waals surface area contributed by atoms with Crippen LogP contribution in [0, 0.1) is 12.8 Å². The van der Waals surface area contributed by atoms with Crippen LogP contribution in [0.15, 0.2) is 72.9 Å². The Morgan fingerprint density at radius 2 is 1.72 bits per heavy atom. The van der Waals surface area contributed by atoms with Gasteiger partial charge in [-0.15, -0.1) is 0 Å². The molecule has 0 atom stereocenters. The molecule has 0 spiro atoms. The van der Waals surface area contributed by atoms with E-state index in [9.17, 15) is 4.79 Å². The van der Waals surface area contributed by atoms with Gasteiger partial charge >= 0.3 is 0 Å². The van der Waals surface area contributed by atoms with Crippen LogP contribution in [0.3, 0.4) is 0 Å². The molecule has 4 heteroatoms. The molecule has 2 heterocycles. The second-order valence-electron chi connectivity index (χ2n) is 10.1. The number of hydrogen-bond donors (Lipinski definition) is 2. The van der Waals surface area contributed by atoms with Crippen LogP contribution in [0.4, 0.5) is 5.69 Å². The van der Waals surface area contributed by atoms with Gasteiger partial charge in [0.1, 0.15) is 0 Å². The number of nitrogens with one attached hydrogen (secondary N) is 2. The third kappa shape index (κ3) is 5.24. The number of nitrogens with zero attached hydrogens (tertiary/aromatic N) is 1. The third-order valence-electron chi connectivity index (χ3n) is 7.73. The van der Waals surface area contributed by atoms with Gasteiger partial charge in [-0.25, -0.2) is 0 Å². The van der Waals surface area contributed by atoms with Crippen LogP contribution in [-0.4, -0.2) is 23.6 Å². The second kappa shape index (κ2) is 11.1. The highest BCUT2D eigenvalue weighted by Crippen LogP contribution is 2.37. The van der Waals surface area contributed by atoms with Crippen LogP contribution >= 0.6 is 0 Å². The van der Waals surface area contributed by atoms with Crippen molar-refractivity contribution in [1.29, 1.82) is 0 Å². The Kier molecular flexibility index (Phi) is 7.52. The standard InChI is InChI=1S/C32H37N3O/c1-3-32(36)34-30-16-15-26(23(2)27(30)14-13-24-17-19-33-20-18-24)29-22-35(21-25-9-5-4-6-10-25)31-12-8-7-11-28(29)31/h4-12,15-16,22,24,33H,3,13-14,17-21H2,1-2H3,(H,34,36). The summed E-state index contributed by atoms with van der Waals surface area (Å²) in [7, 11) is 0. The van der Waals surface area contributed by atoms with Gasteiger partial charge in [0, 0.05) is 41.3 Å². The zero-order valence-corrected chi connectivity index (χ0v) is 21.5. The fourth-order valence-electron chi connectivity index (χ4n) is 5.62. The summed E-state index contributed by atoms with van der Waals surface area (Å²) in [6.07, 6.45) is 7.43. The number of anilines is 1. The topological polar surface area (TPSA) is 46.1 Å². The molecule has 3 aromatic carbocycles. The Hall–Kier alpha value is -3.37. The summed E-state index contributed by atoms with van der Waals surface area (Å²) in [6.45, 7) is 7.21. The molecule has 0 unspecified atom stereocenters. The minimum absolute atomic E-state index is 0.0738. The summed E-state index contributed by atoms with van der Waals surface area (Å²) in [6, 6.07) is 23.6. The first-order valence-corrected chi connectivity index (χ1v) is 13.4. The Balaban J connectivity index is 1.54. The van der Waals surface area contributed by atoms with E-state index in [1.54, 1.807) is 0 Å². The summed E-state index contributed by atoms with van der Waals surface area (Å²) in [4.78, 5) is 12.3. The van der Waals surface area contributed by atoms with Gasteiger partial charge in [0.15, 0.2) is 0 Å². The molecule has 36 heavy (non-hydrogen) atoms. The van der Waals surface area contributed by atoms with Crippen LogP contribution in [0.2, 0.25) is 0 Å². The van der Waals surface area contributed by atoms with Crippen molar-refractivity contribution in [3.8, 4) is 11.1 Å². The maximum absolute atomic E-state index is 12.3. The van der Waals surface area contributed by atoms with Gasteiger partial charge in [-0.1, -0.05) is 61.5 Å². The molecule has 1 aromatic heterocycles. The summed E-state index contributed by atoms with van der Waals surface area (Å²) in [5.41, 5.74) is 8.60. The minimum atomic E-state index is 0.0738. The van der Waals surface area contributed by atoms with E-state index in [0.29, 0.717) is 6.42 Å². The fourth-order valence-corrected chi connectivity index (χ4v) is 5.62. The molecule has 1 amide bonds. The van der Waals surface area contributed by atoms with Crippen molar-refractivity contribution in [2.24, 2.45) is 5.92 Å². The van der Waals surface area contributed by atoms with Crippen molar-refractivity contribution >= 4 is 22.5 Å². The number of amides is 1. The zero-order valence-electron chi connectivity index (χ0n) is 21.5. The molecule has 1 aliphatic rings. The monoisotopic (exact) mass is 479 g/mol. The van der Waals surface area contributed by atoms with Gasteiger partial charge in [-0.3, -0.25) is 4.79 Å². The number of fused-ring (bicyclic) bond motifs is 1. The van der Waals surface area contributed by atoms with Gasteiger partial charge in [-0.2, -0.15) is 0 Å². The van der Waals surface area contributed by atoms with Gasteiger partial charge < -0.3 is 15.2 Å². The number of carbonyl (C=O) groups is 1. The number of para-hydroxylation sites is 1. The molecule has 0 radical (unpaired) electrons. The van der Waals surface area contributed by atoms with E-state index in [1.807, 2.05) is 6.92 Å². The first-order chi connectivity index (χ1) is 17.6. The van der Waals surface area contributed by atoms with Crippen LogP contribution in [0.1, 0.15) is 49.3 Å². The molecule has 186 valence electrons. The van der Waals surface area contributed by atoms with Crippen LogP contribution < -0.4 is 10.6 Å². The van der Waals surface area contributed by atoms with E-state index in [-0.39, 0.29) is 5.91 Å². The van der Waals surface area contributed by atoms with E-state index in [4.69, 9.17) is 0 Å². The van der Waals surface area contributed by atoms with Crippen molar-refractivity contribution in [3.05, 3.63) is 89.6 Å². The molecular formula is C32H37N3O. The van der Waals surface area contributed by atoms with Crippen LogP contribution in [0.25, 0.3) is 22.0 Å². The van der Waals surface area contributed by atoms with Gasteiger partial charge in [-0.05, 0) is 86.0 Å². The summed E-state index contributed by atoms with van der Waals surface area (Å²) in [5.74, 6) is 0.821. The van der Waals surface area contributed by atoms with Gasteiger partial charge in [0.2, 0.25) is 5.91 Å². The van der Waals surface area contributed by atoms with Crippen molar-refractivity contribution in [1.82, 2.24) is 9.88 Å². The zero-order chi connectivity index (χ0) is 24.9. The minimum Gasteiger partial charge on any atom is -0.342 e. The smallest absolute Gasteiger partial charge is 0.224 e. The van der Waals surface area contributed by atoms with E-state index >= 15 is 0 Å². The predicted molar refractivity (Wildman–Crippen MR) is 150 cm³/mol. The Bertz CT molecular complexity index is 1330. The largest absolute Gasteiger partial charge is 0.342 e. The average Bonchev–Trinajstić information content (AvgIpc) is 3.27. The van der Waals surface area contributed by atoms with Gasteiger partial charge in [0.25, 0.3) is 0 Å². The van der Waals surface area contributed by atoms with Crippen molar-refractivity contribution in [3.63, 3.8) is 0 Å². The predicted octanol–water partition coefficient (Wildman–Crippen LogP) is 6.95. The van der Waals surface area contributed by atoms with Crippen molar-refractivity contribution in [2.75, 3.05) is 18.4 Å². The highest BCUT2D eigenvalue weighted by molar-refractivity contribution is 5.98. The highest BCUT2D eigenvalue weighted by atomic mass is 16.1. The summed E-state index contributed by atoms with van der Waals surface area (Å²) < 4.78 is 2.36. The summed E-state index contributed by atoms with van der Waals surface area (Å²) in [5, 5.41) is 7.93. The second-order valence-corrected chi connectivity index (χ2v) is 10.1. The first-order valence-electron chi connectivity index (χ1n) is 13.4. The number of benzene rings is 3. The first kappa shape index (κ1) is 24.3. The maximum Gasteiger partial charge on any atom is 0.224 e. The lowest BCUT2D eigenvalue weighted by Gasteiger charge is -2.24. The van der Waals surface area contributed by atoms with Crippen LogP contribution in [-0.2, 0) is 17.8 Å². The van der Waals surface area contributed by atoms with E-state index in [1.165, 1.54) is 51.6 Å². The Morgan fingerprint density at radius 3 is 2.50 bits per heavy atom. The van der Waals surface area contributed by atoms with Gasteiger partial charge in [0.05, 0.1) is 0 Å². The Morgan fingerprint density at radius 1 is 0.972 bits per heavy atom. The molecule has 0 saturated carbocycles. The number of hydrogen-bond acceptors (Lipinski definition) is 2. The molecule has 1 aliphatic heterocycles. The molecule has 0 bridgehead atoms. The lowest BCUT2D eigenvalue weighted by Crippen LogP contribution is -2.28. The lowest BCUT2D eigenvalue weighted by atomic mass is 9.87. The van der Waals surface area contributed by atoms with E-state index < -0.39 is 0 Å². The molecule has 2 N–H and O–H groups in total. The quantitative estimate of drug-likeness (QED) is 0.287. The molecule has 0 aliphatic carbocycles. The molecule has 4 aromatic rings. The molecule has 4 nitrogen and oxygen atoms in total. The fraction of sp³-hybridized carbons (Fsp3) is 0.344. The van der Waals surface area contributed by atoms with Crippen molar-refractivity contribution in [2.45, 2.75) is 52.5 Å². The number of piperidine rings is 1. The summed E-state index contributed by atoms with van der Waals surface area (Å²) >= 11 is 0. The maximum atomic E-state index is 12.3.